The molecular weight excluding hydrogens is 389 g/mol. The number of aromatic amines is 1. The van der Waals surface area contributed by atoms with Crippen LogP contribution in [0.1, 0.15) is 51.4 Å². The quantitative estimate of drug-likeness (QED) is 0.630. The number of anilines is 1. The van der Waals surface area contributed by atoms with Crippen LogP contribution in [0.4, 0.5) is 10.3 Å². The van der Waals surface area contributed by atoms with Gasteiger partial charge in [0.25, 0.3) is 5.56 Å². The van der Waals surface area contributed by atoms with Crippen molar-refractivity contribution >= 4 is 22.8 Å². The zero-order valence-corrected chi connectivity index (χ0v) is 17.0. The molecule has 0 unspecified atom stereocenters. The number of nitrogens with zero attached hydrogens (tertiary/aromatic N) is 1. The van der Waals surface area contributed by atoms with Crippen molar-refractivity contribution in [2.24, 2.45) is 17.8 Å². The topological polar surface area (TPSA) is 104 Å². The van der Waals surface area contributed by atoms with Crippen LogP contribution in [-0.4, -0.2) is 34.2 Å². The largest absolute Gasteiger partial charge is 0.493 e. The summed E-state index contributed by atoms with van der Waals surface area (Å²) in [5, 5.41) is 12.2. The highest BCUT2D eigenvalue weighted by molar-refractivity contribution is 5.80. The first-order valence-electron chi connectivity index (χ1n) is 10.8. The molecule has 0 saturated heterocycles. The van der Waals surface area contributed by atoms with Crippen LogP contribution in [-0.2, 0) is 4.79 Å². The Morgan fingerprint density at radius 3 is 2.60 bits per heavy atom. The SMILES string of the molecule is O=C(O)C1CCC(CNc2nc3cc(OCC4CCCC4)cc(F)c3c(=O)[nH]2)CC1. The molecule has 4 rings (SSSR count). The number of aliphatic carboxylic acids is 1. The smallest absolute Gasteiger partial charge is 0.306 e. The molecular formula is C22H28FN3O4. The van der Waals surface area contributed by atoms with Gasteiger partial charge in [0.15, 0.2) is 0 Å². The van der Waals surface area contributed by atoms with Crippen molar-refractivity contribution < 1.29 is 19.0 Å². The first-order valence-corrected chi connectivity index (χ1v) is 10.8. The van der Waals surface area contributed by atoms with E-state index in [1.807, 2.05) is 0 Å². The molecule has 2 aliphatic carbocycles. The number of hydrogen-bond donors (Lipinski definition) is 3. The van der Waals surface area contributed by atoms with Crippen LogP contribution in [0.25, 0.3) is 10.9 Å². The predicted molar refractivity (Wildman–Crippen MR) is 111 cm³/mol. The van der Waals surface area contributed by atoms with Gasteiger partial charge in [-0.25, -0.2) is 9.37 Å². The molecule has 1 aromatic heterocycles. The first-order chi connectivity index (χ1) is 14.5. The van der Waals surface area contributed by atoms with Crippen molar-refractivity contribution in [1.82, 2.24) is 9.97 Å². The van der Waals surface area contributed by atoms with Gasteiger partial charge in [-0.1, -0.05) is 12.8 Å². The molecule has 30 heavy (non-hydrogen) atoms. The van der Waals surface area contributed by atoms with Crippen LogP contribution in [0.3, 0.4) is 0 Å². The lowest BCUT2D eigenvalue weighted by atomic mass is 9.82. The molecule has 0 bridgehead atoms. The van der Waals surface area contributed by atoms with Gasteiger partial charge < -0.3 is 15.2 Å². The molecule has 0 spiro atoms. The summed E-state index contributed by atoms with van der Waals surface area (Å²) in [4.78, 5) is 30.4. The minimum Gasteiger partial charge on any atom is -0.493 e. The Hall–Kier alpha value is -2.64. The van der Waals surface area contributed by atoms with E-state index in [4.69, 9.17) is 9.84 Å². The summed E-state index contributed by atoms with van der Waals surface area (Å²) in [6.07, 6.45) is 7.65. The molecule has 0 atom stereocenters. The number of halogens is 1. The van der Waals surface area contributed by atoms with Crippen LogP contribution in [0, 0.1) is 23.6 Å². The van der Waals surface area contributed by atoms with Gasteiger partial charge in [-0.2, -0.15) is 0 Å². The van der Waals surface area contributed by atoms with Gasteiger partial charge in [0.1, 0.15) is 17.0 Å². The number of fused-ring (bicyclic) bond motifs is 1. The van der Waals surface area contributed by atoms with Gasteiger partial charge in [0, 0.05) is 18.7 Å². The van der Waals surface area contributed by atoms with E-state index >= 15 is 0 Å². The van der Waals surface area contributed by atoms with E-state index in [9.17, 15) is 14.0 Å². The second-order valence-corrected chi connectivity index (χ2v) is 8.61. The highest BCUT2D eigenvalue weighted by Gasteiger charge is 2.26. The third-order valence-corrected chi connectivity index (χ3v) is 6.45. The van der Waals surface area contributed by atoms with Crippen LogP contribution in [0.2, 0.25) is 0 Å². The van der Waals surface area contributed by atoms with E-state index in [1.54, 1.807) is 6.07 Å². The van der Waals surface area contributed by atoms with E-state index in [0.717, 1.165) is 25.7 Å². The number of benzene rings is 1. The summed E-state index contributed by atoms with van der Waals surface area (Å²) in [6, 6.07) is 2.87. The van der Waals surface area contributed by atoms with E-state index in [0.29, 0.717) is 49.5 Å². The Morgan fingerprint density at radius 1 is 1.17 bits per heavy atom. The third kappa shape index (κ3) is 4.74. The number of nitrogens with one attached hydrogen (secondary N) is 2. The number of rotatable bonds is 7. The number of hydrogen-bond acceptors (Lipinski definition) is 5. The normalized spacial score (nSPS) is 22.3. The molecule has 0 amide bonds. The number of H-pyrrole nitrogens is 1. The second-order valence-electron chi connectivity index (χ2n) is 8.61. The molecule has 7 nitrogen and oxygen atoms in total. The second kappa shape index (κ2) is 9.02. The number of carboxylic acid groups (broad SMARTS) is 1. The van der Waals surface area contributed by atoms with E-state index in [2.05, 4.69) is 15.3 Å². The van der Waals surface area contributed by atoms with E-state index in [-0.39, 0.29) is 16.8 Å². The summed E-state index contributed by atoms with van der Waals surface area (Å²) in [5.74, 6) is -0.117. The zero-order valence-electron chi connectivity index (χ0n) is 17.0. The number of ether oxygens (including phenoxy) is 1. The molecule has 2 saturated carbocycles. The maximum Gasteiger partial charge on any atom is 0.306 e. The van der Waals surface area contributed by atoms with Gasteiger partial charge in [-0.15, -0.1) is 0 Å². The zero-order chi connectivity index (χ0) is 21.1. The molecule has 2 aliphatic rings. The summed E-state index contributed by atoms with van der Waals surface area (Å²) in [7, 11) is 0. The Balaban J connectivity index is 1.43. The van der Waals surface area contributed by atoms with Crippen LogP contribution in [0.5, 0.6) is 5.75 Å². The standard InChI is InChI=1S/C22H28FN3O4/c23-17-9-16(30-12-14-3-1-2-4-14)10-18-19(17)20(27)26-22(25-18)24-11-13-5-7-15(8-6-13)21(28)29/h9-10,13-15H,1-8,11-12H2,(H,28,29)(H2,24,25,26,27). The predicted octanol–water partition coefficient (Wildman–Crippen LogP) is 3.93. The molecule has 2 aromatic rings. The number of carboxylic acids is 1. The summed E-state index contributed by atoms with van der Waals surface area (Å²) in [5.41, 5.74) is -0.269. The highest BCUT2D eigenvalue weighted by atomic mass is 19.1. The molecule has 0 radical (unpaired) electrons. The van der Waals surface area contributed by atoms with Crippen LogP contribution < -0.4 is 15.6 Å². The van der Waals surface area contributed by atoms with Gasteiger partial charge >= 0.3 is 5.97 Å². The lowest BCUT2D eigenvalue weighted by molar-refractivity contribution is -0.143. The summed E-state index contributed by atoms with van der Waals surface area (Å²) in [6.45, 7) is 1.14. The van der Waals surface area contributed by atoms with Gasteiger partial charge in [0.05, 0.1) is 18.0 Å². The highest BCUT2D eigenvalue weighted by Crippen LogP contribution is 2.29. The van der Waals surface area contributed by atoms with Gasteiger partial charge in [0.2, 0.25) is 5.95 Å². The van der Waals surface area contributed by atoms with E-state index in [1.165, 1.54) is 18.9 Å². The summed E-state index contributed by atoms with van der Waals surface area (Å²) < 4.78 is 20.3. The average molecular weight is 417 g/mol. The van der Waals surface area contributed by atoms with Crippen molar-refractivity contribution in [3.05, 3.63) is 28.3 Å². The fraction of sp³-hybridized carbons (Fsp3) is 0.591. The maximum atomic E-state index is 14.5. The third-order valence-electron chi connectivity index (χ3n) is 6.45. The Morgan fingerprint density at radius 2 is 1.90 bits per heavy atom. The van der Waals surface area contributed by atoms with Crippen molar-refractivity contribution in [3.63, 3.8) is 0 Å². The lowest BCUT2D eigenvalue weighted by Gasteiger charge is -2.26. The molecule has 3 N–H and O–H groups in total. The lowest BCUT2D eigenvalue weighted by Crippen LogP contribution is -2.26. The molecule has 162 valence electrons. The fourth-order valence-electron chi connectivity index (χ4n) is 4.61. The summed E-state index contributed by atoms with van der Waals surface area (Å²) >= 11 is 0. The Labute approximate surface area is 174 Å². The molecule has 1 heterocycles. The number of aromatic nitrogens is 2. The Kier molecular flexibility index (Phi) is 6.20. The fourth-order valence-corrected chi connectivity index (χ4v) is 4.61. The van der Waals surface area contributed by atoms with Crippen molar-refractivity contribution in [1.29, 1.82) is 0 Å². The van der Waals surface area contributed by atoms with E-state index < -0.39 is 17.3 Å². The monoisotopic (exact) mass is 417 g/mol. The van der Waals surface area contributed by atoms with Crippen LogP contribution in [0.15, 0.2) is 16.9 Å². The average Bonchev–Trinajstić information content (AvgIpc) is 3.24. The number of carbonyl (C=O) groups is 1. The maximum absolute atomic E-state index is 14.5. The van der Waals surface area contributed by atoms with Crippen molar-refractivity contribution in [2.75, 3.05) is 18.5 Å². The molecule has 1 aromatic carbocycles. The first kappa shape index (κ1) is 20.6. The van der Waals surface area contributed by atoms with Crippen molar-refractivity contribution in [3.8, 4) is 5.75 Å². The van der Waals surface area contributed by atoms with Crippen molar-refractivity contribution in [2.45, 2.75) is 51.4 Å². The molecule has 2 fully saturated rings. The minimum atomic E-state index is -0.727. The van der Waals surface area contributed by atoms with Crippen LogP contribution >= 0.6 is 0 Å². The van der Waals surface area contributed by atoms with Gasteiger partial charge in [-0.05, 0) is 50.4 Å². The van der Waals surface area contributed by atoms with Gasteiger partial charge in [-0.3, -0.25) is 14.6 Å². The molecule has 8 heteroatoms. The molecule has 0 aliphatic heterocycles. The minimum absolute atomic E-state index is 0.0734. The Bertz CT molecular complexity index is 963.